The Morgan fingerprint density at radius 3 is 1.82 bits per heavy atom. The van der Waals surface area contributed by atoms with Gasteiger partial charge < -0.3 is 10.5 Å². The Bertz CT molecular complexity index is 258. The Kier molecular flexibility index (Phi) is 13.2. The van der Waals surface area contributed by atoms with Crippen molar-refractivity contribution >= 4 is 5.91 Å². The molecule has 0 heterocycles. The molecule has 17 heavy (non-hydrogen) atoms. The number of amides is 1. The van der Waals surface area contributed by atoms with Crippen LogP contribution in [0.4, 0.5) is 0 Å². The fourth-order valence-corrected chi connectivity index (χ4v) is 0.861. The standard InChI is InChI=1S/C9H12O.C3H7NO.C2H6/c1-3-8-4-6-9(10-2)7-5-8;1-2-3(4)5;1-2/h4-7H,3H2,1-2H3;2H2,1H3,(H2,4,5);1-2H3. The lowest BCUT2D eigenvalue weighted by atomic mass is 10.2. The van der Waals surface area contributed by atoms with E-state index >= 15 is 0 Å². The van der Waals surface area contributed by atoms with Crippen molar-refractivity contribution in [3.63, 3.8) is 0 Å². The molecule has 0 saturated heterocycles. The van der Waals surface area contributed by atoms with Crippen LogP contribution in [0.15, 0.2) is 24.3 Å². The Morgan fingerprint density at radius 1 is 1.18 bits per heavy atom. The van der Waals surface area contributed by atoms with E-state index < -0.39 is 0 Å². The highest BCUT2D eigenvalue weighted by atomic mass is 16.5. The van der Waals surface area contributed by atoms with Crippen LogP contribution in [0, 0.1) is 0 Å². The maximum absolute atomic E-state index is 9.59. The number of primary amides is 1. The van der Waals surface area contributed by atoms with Crippen molar-refractivity contribution in [2.45, 2.75) is 40.5 Å². The molecule has 3 nitrogen and oxygen atoms in total. The summed E-state index contributed by atoms with van der Waals surface area (Å²) in [7, 11) is 1.68. The molecule has 1 aromatic rings. The molecule has 0 unspecified atom stereocenters. The Hall–Kier alpha value is -1.51. The SMILES string of the molecule is CC.CCC(N)=O.CCc1ccc(OC)cc1. The lowest BCUT2D eigenvalue weighted by molar-refractivity contribution is -0.117. The number of carbonyl (C=O) groups is 1. The van der Waals surface area contributed by atoms with Crippen molar-refractivity contribution in [1.29, 1.82) is 0 Å². The predicted molar refractivity (Wildman–Crippen MR) is 73.2 cm³/mol. The normalized spacial score (nSPS) is 8.06. The van der Waals surface area contributed by atoms with Gasteiger partial charge in [0.25, 0.3) is 0 Å². The summed E-state index contributed by atoms with van der Waals surface area (Å²) in [6.45, 7) is 7.87. The highest BCUT2D eigenvalue weighted by molar-refractivity contribution is 5.73. The average molecular weight is 239 g/mol. The lowest BCUT2D eigenvalue weighted by Crippen LogP contribution is -2.06. The van der Waals surface area contributed by atoms with Gasteiger partial charge in [0.1, 0.15) is 5.75 Å². The number of benzene rings is 1. The van der Waals surface area contributed by atoms with E-state index in [9.17, 15) is 4.79 Å². The van der Waals surface area contributed by atoms with Gasteiger partial charge in [-0.3, -0.25) is 4.79 Å². The molecule has 2 N–H and O–H groups in total. The lowest BCUT2D eigenvalue weighted by Gasteiger charge is -1.99. The van der Waals surface area contributed by atoms with E-state index in [4.69, 9.17) is 4.74 Å². The second-order valence-corrected chi connectivity index (χ2v) is 3.02. The van der Waals surface area contributed by atoms with Gasteiger partial charge in [-0.1, -0.05) is 39.8 Å². The highest BCUT2D eigenvalue weighted by Gasteiger charge is 1.89. The molecule has 1 rings (SSSR count). The van der Waals surface area contributed by atoms with Gasteiger partial charge in [0.15, 0.2) is 0 Å². The zero-order valence-electron chi connectivity index (χ0n) is 11.6. The minimum Gasteiger partial charge on any atom is -0.497 e. The number of hydrogen-bond acceptors (Lipinski definition) is 2. The van der Waals surface area contributed by atoms with E-state index in [1.54, 1.807) is 14.0 Å². The molecular weight excluding hydrogens is 214 g/mol. The number of hydrogen-bond donors (Lipinski definition) is 1. The predicted octanol–water partition coefficient (Wildman–Crippen LogP) is 3.17. The average Bonchev–Trinajstić information content (AvgIpc) is 2.41. The van der Waals surface area contributed by atoms with Crippen LogP contribution in [0.3, 0.4) is 0 Å². The molecule has 0 aliphatic carbocycles. The smallest absolute Gasteiger partial charge is 0.217 e. The van der Waals surface area contributed by atoms with Crippen molar-refractivity contribution in [3.8, 4) is 5.75 Å². The maximum Gasteiger partial charge on any atom is 0.217 e. The van der Waals surface area contributed by atoms with Gasteiger partial charge in [0.05, 0.1) is 7.11 Å². The van der Waals surface area contributed by atoms with Crippen molar-refractivity contribution in [2.75, 3.05) is 7.11 Å². The number of nitrogens with two attached hydrogens (primary N) is 1. The molecule has 0 aliphatic heterocycles. The monoisotopic (exact) mass is 239 g/mol. The molecule has 0 aromatic heterocycles. The molecule has 0 aliphatic rings. The van der Waals surface area contributed by atoms with E-state index in [-0.39, 0.29) is 5.91 Å². The van der Waals surface area contributed by atoms with Crippen molar-refractivity contribution in [2.24, 2.45) is 5.73 Å². The number of methoxy groups -OCH3 is 1. The topological polar surface area (TPSA) is 52.3 Å². The van der Waals surface area contributed by atoms with Crippen LogP contribution >= 0.6 is 0 Å². The maximum atomic E-state index is 9.59. The number of carbonyl (C=O) groups excluding carboxylic acids is 1. The molecule has 1 amide bonds. The van der Waals surface area contributed by atoms with Gasteiger partial charge in [-0.15, -0.1) is 0 Å². The van der Waals surface area contributed by atoms with Gasteiger partial charge in [-0.05, 0) is 24.1 Å². The third-order valence-electron chi connectivity index (χ3n) is 1.92. The van der Waals surface area contributed by atoms with Crippen LogP contribution in [0.1, 0.15) is 39.7 Å². The van der Waals surface area contributed by atoms with Crippen molar-refractivity contribution in [3.05, 3.63) is 29.8 Å². The highest BCUT2D eigenvalue weighted by Crippen LogP contribution is 2.10. The fourth-order valence-electron chi connectivity index (χ4n) is 0.861. The Morgan fingerprint density at radius 2 is 1.59 bits per heavy atom. The third kappa shape index (κ3) is 10.8. The summed E-state index contributed by atoms with van der Waals surface area (Å²) in [5.41, 5.74) is 6.00. The summed E-state index contributed by atoms with van der Waals surface area (Å²) in [5.74, 6) is 0.683. The summed E-state index contributed by atoms with van der Waals surface area (Å²) in [5, 5.41) is 0. The minimum absolute atomic E-state index is 0.245. The van der Waals surface area contributed by atoms with Gasteiger partial charge in [-0.25, -0.2) is 0 Å². The molecule has 0 atom stereocenters. The van der Waals surface area contributed by atoms with Crippen LogP contribution in [-0.4, -0.2) is 13.0 Å². The van der Waals surface area contributed by atoms with E-state index in [1.807, 2.05) is 26.0 Å². The quantitative estimate of drug-likeness (QED) is 0.880. The van der Waals surface area contributed by atoms with Crippen molar-refractivity contribution < 1.29 is 9.53 Å². The van der Waals surface area contributed by atoms with Crippen LogP contribution in [-0.2, 0) is 11.2 Å². The second kappa shape index (κ2) is 12.6. The summed E-state index contributed by atoms with van der Waals surface area (Å²) in [6.07, 6.45) is 1.53. The van der Waals surface area contributed by atoms with Crippen LogP contribution < -0.4 is 10.5 Å². The van der Waals surface area contributed by atoms with Crippen LogP contribution in [0.25, 0.3) is 0 Å². The number of aryl methyl sites for hydroxylation is 1. The van der Waals surface area contributed by atoms with Gasteiger partial charge >= 0.3 is 0 Å². The van der Waals surface area contributed by atoms with E-state index in [2.05, 4.69) is 24.8 Å². The zero-order valence-corrected chi connectivity index (χ0v) is 11.6. The second-order valence-electron chi connectivity index (χ2n) is 3.02. The summed E-state index contributed by atoms with van der Waals surface area (Å²) < 4.78 is 5.01. The van der Waals surface area contributed by atoms with Crippen molar-refractivity contribution in [1.82, 2.24) is 0 Å². The largest absolute Gasteiger partial charge is 0.497 e. The third-order valence-corrected chi connectivity index (χ3v) is 1.92. The first kappa shape index (κ1) is 17.9. The number of rotatable bonds is 3. The Labute approximate surface area is 105 Å². The Balaban J connectivity index is 0. The van der Waals surface area contributed by atoms with Gasteiger partial charge in [-0.2, -0.15) is 0 Å². The van der Waals surface area contributed by atoms with Gasteiger partial charge in [0, 0.05) is 6.42 Å². The molecule has 0 spiro atoms. The first-order valence-electron chi connectivity index (χ1n) is 6.05. The number of ether oxygens (including phenoxy) is 1. The summed E-state index contributed by atoms with van der Waals surface area (Å²) in [6, 6.07) is 8.13. The van der Waals surface area contributed by atoms with Crippen LogP contribution in [0.5, 0.6) is 5.75 Å². The fraction of sp³-hybridized carbons (Fsp3) is 0.500. The molecule has 1 aromatic carbocycles. The molecule has 3 heteroatoms. The molecular formula is C14H25NO2. The molecule has 0 bridgehead atoms. The molecule has 0 fully saturated rings. The zero-order chi connectivity index (χ0) is 13.7. The molecule has 0 radical (unpaired) electrons. The van der Waals surface area contributed by atoms with Crippen LogP contribution in [0.2, 0.25) is 0 Å². The molecule has 98 valence electrons. The summed E-state index contributed by atoms with van der Waals surface area (Å²) >= 11 is 0. The minimum atomic E-state index is -0.245. The molecule has 0 saturated carbocycles. The van der Waals surface area contributed by atoms with Gasteiger partial charge in [0.2, 0.25) is 5.91 Å². The van der Waals surface area contributed by atoms with E-state index in [0.29, 0.717) is 6.42 Å². The summed E-state index contributed by atoms with van der Waals surface area (Å²) in [4.78, 5) is 9.59. The van der Waals surface area contributed by atoms with E-state index in [0.717, 1.165) is 12.2 Å². The first-order chi connectivity index (χ1) is 8.13. The van der Waals surface area contributed by atoms with E-state index in [1.165, 1.54) is 5.56 Å². The first-order valence-corrected chi connectivity index (χ1v) is 6.05.